The first-order chi connectivity index (χ1) is 9.49. The molecule has 0 aliphatic heterocycles. The molecule has 0 aliphatic carbocycles. The summed E-state index contributed by atoms with van der Waals surface area (Å²) in [6.07, 6.45) is 0. The van der Waals surface area contributed by atoms with Crippen LogP contribution in [0.3, 0.4) is 0 Å². The molecule has 0 fully saturated rings. The van der Waals surface area contributed by atoms with E-state index >= 15 is 0 Å². The number of nitrogens with one attached hydrogen (secondary N) is 1. The van der Waals surface area contributed by atoms with Crippen molar-refractivity contribution in [2.24, 2.45) is 0 Å². The van der Waals surface area contributed by atoms with Crippen LogP contribution in [0.25, 0.3) is 0 Å². The quantitative estimate of drug-likeness (QED) is 0.847. The number of amides is 1. The van der Waals surface area contributed by atoms with E-state index in [-0.39, 0.29) is 12.5 Å². The predicted molar refractivity (Wildman–Crippen MR) is 73.1 cm³/mol. The van der Waals surface area contributed by atoms with Crippen LogP contribution in [0.15, 0.2) is 36.4 Å². The molecule has 2 rings (SSSR count). The molecule has 3 nitrogen and oxygen atoms in total. The molecular weight excluding hydrogens is 262 g/mol. The third kappa shape index (κ3) is 2.93. The monoisotopic (exact) mass is 276 g/mol. The summed E-state index contributed by atoms with van der Waals surface area (Å²) in [6, 6.07) is 8.65. The van der Waals surface area contributed by atoms with Gasteiger partial charge in [0.1, 0.15) is 0 Å². The number of benzene rings is 2. The molecule has 0 bridgehead atoms. The number of halogens is 2. The van der Waals surface area contributed by atoms with Gasteiger partial charge >= 0.3 is 0 Å². The van der Waals surface area contributed by atoms with E-state index < -0.39 is 11.6 Å². The van der Waals surface area contributed by atoms with Gasteiger partial charge in [-0.25, -0.2) is 8.78 Å². The standard InChI is InChI=1S/C15H14F2N2O/c1-9-3-2-4-11(14(9)18)15(20)19-8-10-5-6-12(16)13(17)7-10/h2-7H,8,18H2,1H3,(H,19,20). The minimum absolute atomic E-state index is 0.101. The molecule has 2 aromatic carbocycles. The van der Waals surface area contributed by atoms with Crippen molar-refractivity contribution in [3.05, 3.63) is 64.7 Å². The lowest BCUT2D eigenvalue weighted by Gasteiger charge is -2.09. The van der Waals surface area contributed by atoms with Gasteiger partial charge in [-0.15, -0.1) is 0 Å². The number of carbonyl (C=O) groups excluding carboxylic acids is 1. The minimum Gasteiger partial charge on any atom is -0.398 e. The van der Waals surface area contributed by atoms with Crippen LogP contribution in [0.5, 0.6) is 0 Å². The van der Waals surface area contributed by atoms with Crippen molar-refractivity contribution >= 4 is 11.6 Å². The lowest BCUT2D eigenvalue weighted by Crippen LogP contribution is -2.24. The summed E-state index contributed by atoms with van der Waals surface area (Å²) in [5, 5.41) is 2.62. The summed E-state index contributed by atoms with van der Waals surface area (Å²) in [6.45, 7) is 1.91. The predicted octanol–water partition coefficient (Wildman–Crippen LogP) is 2.79. The highest BCUT2D eigenvalue weighted by Crippen LogP contribution is 2.16. The Bertz CT molecular complexity index is 656. The van der Waals surface area contributed by atoms with Crippen LogP contribution in [0.4, 0.5) is 14.5 Å². The number of nitrogens with two attached hydrogens (primary N) is 1. The smallest absolute Gasteiger partial charge is 0.253 e. The lowest BCUT2D eigenvalue weighted by atomic mass is 10.1. The van der Waals surface area contributed by atoms with E-state index in [9.17, 15) is 13.6 Å². The molecule has 0 unspecified atom stereocenters. The number of aryl methyl sites for hydroxylation is 1. The van der Waals surface area contributed by atoms with Gasteiger partial charge < -0.3 is 11.1 Å². The molecule has 0 saturated heterocycles. The molecule has 1 amide bonds. The number of hydrogen-bond donors (Lipinski definition) is 2. The number of carbonyl (C=O) groups is 1. The Balaban J connectivity index is 2.08. The van der Waals surface area contributed by atoms with Gasteiger partial charge in [-0.1, -0.05) is 18.2 Å². The SMILES string of the molecule is Cc1cccc(C(=O)NCc2ccc(F)c(F)c2)c1N. The fourth-order valence-corrected chi connectivity index (χ4v) is 1.81. The molecule has 0 aliphatic rings. The first-order valence-corrected chi connectivity index (χ1v) is 6.06. The third-order valence-corrected chi connectivity index (χ3v) is 3.01. The Labute approximate surface area is 115 Å². The Morgan fingerprint density at radius 3 is 2.65 bits per heavy atom. The molecule has 0 saturated carbocycles. The highest BCUT2D eigenvalue weighted by Gasteiger charge is 2.11. The van der Waals surface area contributed by atoms with Crippen molar-refractivity contribution in [2.75, 3.05) is 5.73 Å². The zero-order chi connectivity index (χ0) is 14.7. The third-order valence-electron chi connectivity index (χ3n) is 3.01. The Morgan fingerprint density at radius 1 is 1.20 bits per heavy atom. The normalized spacial score (nSPS) is 10.3. The van der Waals surface area contributed by atoms with Crippen LogP contribution in [0.1, 0.15) is 21.5 Å². The molecule has 0 heterocycles. The second kappa shape index (κ2) is 5.69. The topological polar surface area (TPSA) is 55.1 Å². The van der Waals surface area contributed by atoms with Crippen molar-refractivity contribution in [3.63, 3.8) is 0 Å². The summed E-state index contributed by atoms with van der Waals surface area (Å²) in [5.41, 5.74) is 7.89. The van der Waals surface area contributed by atoms with Crippen molar-refractivity contribution in [2.45, 2.75) is 13.5 Å². The minimum atomic E-state index is -0.938. The van der Waals surface area contributed by atoms with Gasteiger partial charge in [0, 0.05) is 12.2 Å². The first kappa shape index (κ1) is 14.0. The van der Waals surface area contributed by atoms with Crippen molar-refractivity contribution in [3.8, 4) is 0 Å². The van der Waals surface area contributed by atoms with Crippen LogP contribution in [0.2, 0.25) is 0 Å². The summed E-state index contributed by atoms with van der Waals surface area (Å²) in [4.78, 5) is 12.0. The molecule has 0 radical (unpaired) electrons. The van der Waals surface area contributed by atoms with E-state index in [0.717, 1.165) is 17.7 Å². The van der Waals surface area contributed by atoms with Crippen LogP contribution >= 0.6 is 0 Å². The maximum Gasteiger partial charge on any atom is 0.253 e. The molecule has 5 heteroatoms. The second-order valence-corrected chi connectivity index (χ2v) is 4.47. The Kier molecular flexibility index (Phi) is 3.98. The van der Waals surface area contributed by atoms with Crippen LogP contribution in [-0.2, 0) is 6.54 Å². The largest absolute Gasteiger partial charge is 0.398 e. The maximum atomic E-state index is 13.0. The Morgan fingerprint density at radius 2 is 1.95 bits per heavy atom. The summed E-state index contributed by atoms with van der Waals surface area (Å²) >= 11 is 0. The number of rotatable bonds is 3. The van der Waals surface area contributed by atoms with Crippen molar-refractivity contribution in [1.29, 1.82) is 0 Å². The average Bonchev–Trinajstić information content (AvgIpc) is 2.43. The summed E-state index contributed by atoms with van der Waals surface area (Å²) < 4.78 is 25.8. The average molecular weight is 276 g/mol. The molecular formula is C15H14F2N2O. The van der Waals surface area contributed by atoms with E-state index in [1.165, 1.54) is 6.07 Å². The molecule has 3 N–H and O–H groups in total. The van der Waals surface area contributed by atoms with Gasteiger partial charge in [-0.3, -0.25) is 4.79 Å². The van der Waals surface area contributed by atoms with Crippen molar-refractivity contribution in [1.82, 2.24) is 5.32 Å². The van der Waals surface area contributed by atoms with E-state index in [2.05, 4.69) is 5.32 Å². The zero-order valence-corrected chi connectivity index (χ0v) is 10.9. The van der Waals surface area contributed by atoms with Crippen LogP contribution < -0.4 is 11.1 Å². The van der Waals surface area contributed by atoms with Crippen LogP contribution in [0, 0.1) is 18.6 Å². The van der Waals surface area contributed by atoms with Gasteiger partial charge in [0.05, 0.1) is 5.56 Å². The zero-order valence-electron chi connectivity index (χ0n) is 10.9. The molecule has 0 spiro atoms. The Hall–Kier alpha value is -2.43. The van der Waals surface area contributed by atoms with Gasteiger partial charge in [0.25, 0.3) is 5.91 Å². The number of para-hydroxylation sites is 1. The number of hydrogen-bond acceptors (Lipinski definition) is 2. The molecule has 2 aromatic rings. The van der Waals surface area contributed by atoms with E-state index in [0.29, 0.717) is 16.8 Å². The molecule has 0 aromatic heterocycles. The van der Waals surface area contributed by atoms with Gasteiger partial charge in [0.2, 0.25) is 0 Å². The van der Waals surface area contributed by atoms with E-state index in [1.807, 2.05) is 13.0 Å². The number of anilines is 1. The fraction of sp³-hybridized carbons (Fsp3) is 0.133. The van der Waals surface area contributed by atoms with Gasteiger partial charge in [-0.05, 0) is 36.2 Å². The second-order valence-electron chi connectivity index (χ2n) is 4.47. The maximum absolute atomic E-state index is 13.0. The van der Waals surface area contributed by atoms with Gasteiger partial charge in [0.15, 0.2) is 11.6 Å². The lowest BCUT2D eigenvalue weighted by molar-refractivity contribution is 0.0951. The van der Waals surface area contributed by atoms with Crippen molar-refractivity contribution < 1.29 is 13.6 Å². The first-order valence-electron chi connectivity index (χ1n) is 6.06. The molecule has 20 heavy (non-hydrogen) atoms. The summed E-state index contributed by atoms with van der Waals surface area (Å²) in [5.74, 6) is -2.20. The van der Waals surface area contributed by atoms with Crippen LogP contribution in [-0.4, -0.2) is 5.91 Å². The van der Waals surface area contributed by atoms with E-state index in [1.54, 1.807) is 12.1 Å². The fourth-order valence-electron chi connectivity index (χ4n) is 1.81. The van der Waals surface area contributed by atoms with E-state index in [4.69, 9.17) is 5.73 Å². The molecule has 0 atom stereocenters. The van der Waals surface area contributed by atoms with Gasteiger partial charge in [-0.2, -0.15) is 0 Å². The highest BCUT2D eigenvalue weighted by molar-refractivity contribution is 5.99. The highest BCUT2D eigenvalue weighted by atomic mass is 19.2. The summed E-state index contributed by atoms with van der Waals surface area (Å²) in [7, 11) is 0. The number of nitrogen functional groups attached to an aromatic ring is 1. The molecule has 104 valence electrons.